The van der Waals surface area contributed by atoms with Gasteiger partial charge in [0.05, 0.1) is 21.1 Å². The van der Waals surface area contributed by atoms with Gasteiger partial charge in [-0.2, -0.15) is 0 Å². The highest BCUT2D eigenvalue weighted by atomic mass is 16.3. The molecule has 0 fully saturated rings. The number of hydrogen-bond donors (Lipinski definition) is 1. The van der Waals surface area contributed by atoms with Gasteiger partial charge in [0.2, 0.25) is 0 Å². The number of quaternary nitrogens is 1. The normalized spacial score (nSPS) is 12.3. The fourth-order valence-corrected chi connectivity index (χ4v) is 4.16. The zero-order valence-corrected chi connectivity index (χ0v) is 17.3. The molecule has 0 aliphatic carbocycles. The molecule has 4 rings (SSSR count). The van der Waals surface area contributed by atoms with Crippen LogP contribution in [0.1, 0.15) is 22.3 Å². The van der Waals surface area contributed by atoms with Crippen LogP contribution in [0.15, 0.2) is 97.1 Å². The Morgan fingerprint density at radius 1 is 0.655 bits per heavy atom. The van der Waals surface area contributed by atoms with Gasteiger partial charge in [0, 0.05) is 11.1 Å². The van der Waals surface area contributed by atoms with Crippen LogP contribution in [0.4, 0.5) is 0 Å². The maximum atomic E-state index is 12.4. The van der Waals surface area contributed by atoms with E-state index in [2.05, 4.69) is 57.5 Å². The maximum absolute atomic E-state index is 12.4. The molecular weight excluding hydrogens is 354 g/mol. The first-order chi connectivity index (χ1) is 13.9. The summed E-state index contributed by atoms with van der Waals surface area (Å²) in [6.07, 6.45) is 0. The number of benzene rings is 4. The lowest BCUT2D eigenvalue weighted by atomic mass is 9.77. The Morgan fingerprint density at radius 3 is 1.72 bits per heavy atom. The van der Waals surface area contributed by atoms with Gasteiger partial charge in [-0.05, 0) is 21.9 Å². The molecule has 2 heteroatoms. The number of fused-ring (bicyclic) bond motifs is 1. The van der Waals surface area contributed by atoms with Gasteiger partial charge in [-0.1, -0.05) is 97.1 Å². The van der Waals surface area contributed by atoms with Gasteiger partial charge < -0.3 is 9.59 Å². The third-order valence-electron chi connectivity index (χ3n) is 5.45. The number of nitrogens with zero attached hydrogens (tertiary/aromatic N) is 1. The average molecular weight is 383 g/mol. The van der Waals surface area contributed by atoms with Gasteiger partial charge in [-0.25, -0.2) is 0 Å². The van der Waals surface area contributed by atoms with E-state index < -0.39 is 5.60 Å². The van der Waals surface area contributed by atoms with Crippen molar-refractivity contribution in [2.24, 2.45) is 0 Å². The Morgan fingerprint density at radius 2 is 1.17 bits per heavy atom. The summed E-state index contributed by atoms with van der Waals surface area (Å²) in [5, 5.41) is 14.8. The van der Waals surface area contributed by atoms with Crippen molar-refractivity contribution in [2.45, 2.75) is 12.1 Å². The second kappa shape index (κ2) is 7.47. The molecule has 0 amide bonds. The molecule has 4 aromatic rings. The lowest BCUT2D eigenvalue weighted by Gasteiger charge is -2.34. The summed E-state index contributed by atoms with van der Waals surface area (Å²) in [5.41, 5.74) is 2.66. The molecular formula is C27H28NO+. The third kappa shape index (κ3) is 3.69. The van der Waals surface area contributed by atoms with Gasteiger partial charge in [0.15, 0.2) is 0 Å². The summed E-state index contributed by atoms with van der Waals surface area (Å²) in [7, 11) is 6.57. The van der Waals surface area contributed by atoms with Crippen molar-refractivity contribution in [1.82, 2.24) is 0 Å². The zero-order chi connectivity index (χ0) is 20.5. The summed E-state index contributed by atoms with van der Waals surface area (Å²) < 4.78 is 0.778. The predicted octanol–water partition coefficient (Wildman–Crippen LogP) is 5.33. The van der Waals surface area contributed by atoms with Crippen LogP contribution in [-0.2, 0) is 12.1 Å². The first-order valence-electron chi connectivity index (χ1n) is 10.0. The van der Waals surface area contributed by atoms with Gasteiger partial charge in [-0.15, -0.1) is 0 Å². The standard InChI is InChI=1S/C27H28NO/c1-28(2,3)20-25-24-17-11-10-12-21(24)18-19-26(25)27(29,22-13-6-4-7-14-22)23-15-8-5-9-16-23/h4-19,29H,20H2,1-3H3/q+1. The molecule has 0 bridgehead atoms. The molecule has 4 aromatic carbocycles. The van der Waals surface area contributed by atoms with Crippen molar-refractivity contribution in [3.8, 4) is 0 Å². The van der Waals surface area contributed by atoms with Crippen LogP contribution >= 0.6 is 0 Å². The van der Waals surface area contributed by atoms with E-state index in [1.165, 1.54) is 16.3 Å². The van der Waals surface area contributed by atoms with E-state index in [1.54, 1.807) is 0 Å². The van der Waals surface area contributed by atoms with E-state index in [1.807, 2.05) is 60.7 Å². The molecule has 0 saturated heterocycles. The van der Waals surface area contributed by atoms with Crippen LogP contribution in [0, 0.1) is 0 Å². The second-order valence-electron chi connectivity index (χ2n) is 8.70. The summed E-state index contributed by atoms with van der Waals surface area (Å²) in [6, 6.07) is 32.7. The van der Waals surface area contributed by atoms with E-state index in [0.29, 0.717) is 0 Å². The molecule has 2 nitrogen and oxygen atoms in total. The topological polar surface area (TPSA) is 20.2 Å². The number of rotatable bonds is 5. The molecule has 0 spiro atoms. The second-order valence-corrected chi connectivity index (χ2v) is 8.70. The minimum atomic E-state index is -1.23. The quantitative estimate of drug-likeness (QED) is 0.365. The van der Waals surface area contributed by atoms with Crippen molar-refractivity contribution in [1.29, 1.82) is 0 Å². The molecule has 0 aliphatic heterocycles. The van der Waals surface area contributed by atoms with Crippen molar-refractivity contribution in [3.63, 3.8) is 0 Å². The minimum Gasteiger partial charge on any atom is -0.376 e. The lowest BCUT2D eigenvalue weighted by molar-refractivity contribution is -0.883. The van der Waals surface area contributed by atoms with E-state index >= 15 is 0 Å². The predicted molar refractivity (Wildman–Crippen MR) is 121 cm³/mol. The largest absolute Gasteiger partial charge is 0.376 e. The molecule has 0 atom stereocenters. The Hall–Kier alpha value is -2.94. The molecule has 0 unspecified atom stereocenters. The third-order valence-corrected chi connectivity index (χ3v) is 5.45. The Kier molecular flexibility index (Phi) is 4.99. The Bertz CT molecular complexity index is 1070. The van der Waals surface area contributed by atoms with E-state index in [4.69, 9.17) is 0 Å². The molecule has 0 saturated carbocycles. The Labute approximate surface area is 173 Å². The summed E-state index contributed by atoms with van der Waals surface area (Å²) >= 11 is 0. The average Bonchev–Trinajstić information content (AvgIpc) is 2.74. The van der Waals surface area contributed by atoms with Crippen LogP contribution in [-0.4, -0.2) is 30.7 Å². The van der Waals surface area contributed by atoms with E-state index in [-0.39, 0.29) is 0 Å². The number of aliphatic hydroxyl groups is 1. The highest BCUT2D eigenvalue weighted by Crippen LogP contribution is 2.41. The summed E-state index contributed by atoms with van der Waals surface area (Å²) in [5.74, 6) is 0. The van der Waals surface area contributed by atoms with Crippen LogP contribution in [0.5, 0.6) is 0 Å². The van der Waals surface area contributed by atoms with Crippen LogP contribution in [0.25, 0.3) is 10.8 Å². The van der Waals surface area contributed by atoms with Crippen molar-refractivity contribution in [2.75, 3.05) is 21.1 Å². The highest BCUT2D eigenvalue weighted by Gasteiger charge is 2.37. The summed E-state index contributed by atoms with van der Waals surface area (Å²) in [4.78, 5) is 0. The summed E-state index contributed by atoms with van der Waals surface area (Å²) in [6.45, 7) is 0.818. The molecule has 0 aliphatic rings. The molecule has 29 heavy (non-hydrogen) atoms. The fraction of sp³-hybridized carbons (Fsp3) is 0.185. The molecule has 1 N–H and O–H groups in total. The Balaban J connectivity index is 2.07. The first kappa shape index (κ1) is 19.4. The van der Waals surface area contributed by atoms with Crippen LogP contribution in [0.2, 0.25) is 0 Å². The van der Waals surface area contributed by atoms with Gasteiger partial charge in [0.25, 0.3) is 0 Å². The van der Waals surface area contributed by atoms with E-state index in [9.17, 15) is 5.11 Å². The van der Waals surface area contributed by atoms with Crippen molar-refractivity contribution < 1.29 is 9.59 Å². The van der Waals surface area contributed by atoms with Crippen LogP contribution < -0.4 is 0 Å². The van der Waals surface area contributed by atoms with E-state index in [0.717, 1.165) is 27.7 Å². The molecule has 0 radical (unpaired) electrons. The van der Waals surface area contributed by atoms with Gasteiger partial charge >= 0.3 is 0 Å². The lowest BCUT2D eigenvalue weighted by Crippen LogP contribution is -2.36. The highest BCUT2D eigenvalue weighted by molar-refractivity contribution is 5.87. The minimum absolute atomic E-state index is 0.778. The van der Waals surface area contributed by atoms with Crippen molar-refractivity contribution >= 4 is 10.8 Å². The maximum Gasteiger partial charge on any atom is 0.141 e. The molecule has 0 heterocycles. The van der Waals surface area contributed by atoms with Gasteiger partial charge in [-0.3, -0.25) is 0 Å². The first-order valence-corrected chi connectivity index (χ1v) is 10.0. The zero-order valence-electron chi connectivity index (χ0n) is 17.3. The number of hydrogen-bond acceptors (Lipinski definition) is 1. The molecule has 146 valence electrons. The van der Waals surface area contributed by atoms with Crippen LogP contribution in [0.3, 0.4) is 0 Å². The smallest absolute Gasteiger partial charge is 0.141 e. The van der Waals surface area contributed by atoms with Crippen molar-refractivity contribution in [3.05, 3.63) is 119 Å². The fourth-order valence-electron chi connectivity index (χ4n) is 4.16. The van der Waals surface area contributed by atoms with Gasteiger partial charge in [0.1, 0.15) is 12.1 Å². The SMILES string of the molecule is C[N+](C)(C)Cc1c(C(O)(c2ccccc2)c2ccccc2)ccc2ccccc12. The molecule has 0 aromatic heterocycles. The monoisotopic (exact) mass is 382 g/mol.